The maximum atomic E-state index is 5.96. The Morgan fingerprint density at radius 3 is 2.75 bits per heavy atom. The van der Waals surface area contributed by atoms with Gasteiger partial charge in [-0.15, -0.1) is 0 Å². The Bertz CT molecular complexity index is 283. The molecule has 1 aromatic carbocycles. The average molecular weight is 162 g/mol. The third kappa shape index (κ3) is 1.13. The molecule has 2 atom stereocenters. The van der Waals surface area contributed by atoms with E-state index < -0.39 is 0 Å². The second-order valence-corrected chi connectivity index (χ2v) is 3.43. The molecule has 0 aromatic heterocycles. The van der Waals surface area contributed by atoms with Crippen LogP contribution in [0.2, 0.25) is 0 Å². The molecule has 1 unspecified atom stereocenters. The van der Waals surface area contributed by atoms with Gasteiger partial charge in [0.15, 0.2) is 0 Å². The Morgan fingerprint density at radius 1 is 1.17 bits per heavy atom. The molecule has 12 heavy (non-hydrogen) atoms. The molecule has 0 heterocycles. The summed E-state index contributed by atoms with van der Waals surface area (Å²) in [4.78, 5) is 0. The summed E-state index contributed by atoms with van der Waals surface area (Å²) in [6, 6.07) is 8.48. The summed E-state index contributed by atoms with van der Waals surface area (Å²) < 4.78 is 0. The van der Waals surface area contributed by atoms with Crippen LogP contribution in [-0.4, -0.2) is 6.04 Å². The fourth-order valence-corrected chi connectivity index (χ4v) is 1.82. The normalized spacial score (nSPS) is 28.2. The van der Waals surface area contributed by atoms with E-state index >= 15 is 0 Å². The Hall–Kier alpha value is -0.860. The Labute approximate surface area is 72.6 Å². The summed E-state index contributed by atoms with van der Waals surface area (Å²) in [5, 5.41) is 0. The van der Waals surface area contributed by atoms with Gasteiger partial charge in [0.2, 0.25) is 0 Å². The van der Waals surface area contributed by atoms with Gasteiger partial charge in [0.1, 0.15) is 0 Å². The van der Waals surface area contributed by atoms with Crippen LogP contribution in [0.1, 0.15) is 23.6 Å². The van der Waals surface area contributed by atoms with E-state index in [4.69, 9.17) is 11.5 Å². The van der Waals surface area contributed by atoms with E-state index in [0.717, 1.165) is 12.8 Å². The predicted molar refractivity (Wildman–Crippen MR) is 49.7 cm³/mol. The Balaban J connectivity index is 2.42. The van der Waals surface area contributed by atoms with E-state index in [9.17, 15) is 0 Å². The predicted octanol–water partition coefficient (Wildman–Crippen LogP) is 0.960. The Kier molecular flexibility index (Phi) is 1.87. The lowest BCUT2D eigenvalue weighted by Gasteiger charge is -2.27. The van der Waals surface area contributed by atoms with Gasteiger partial charge in [-0.3, -0.25) is 0 Å². The lowest BCUT2D eigenvalue weighted by molar-refractivity contribution is 0.481. The van der Waals surface area contributed by atoms with Crippen molar-refractivity contribution in [3.63, 3.8) is 0 Å². The van der Waals surface area contributed by atoms with Crippen LogP contribution >= 0.6 is 0 Å². The first-order chi connectivity index (χ1) is 5.79. The molecule has 2 rings (SSSR count). The molecule has 4 N–H and O–H groups in total. The van der Waals surface area contributed by atoms with Crippen molar-refractivity contribution < 1.29 is 0 Å². The quantitative estimate of drug-likeness (QED) is 0.597. The standard InChI is InChI=1S/C10H14N2/c11-9-6-5-7-3-1-2-4-8(7)10(9)12/h1-4,9-10H,5-6,11-12H2/t9?,10-/m0/s1. The van der Waals surface area contributed by atoms with Crippen molar-refractivity contribution in [2.45, 2.75) is 24.9 Å². The lowest BCUT2D eigenvalue weighted by Crippen LogP contribution is -2.37. The fraction of sp³-hybridized carbons (Fsp3) is 0.400. The molecular formula is C10H14N2. The first kappa shape index (κ1) is 7.77. The highest BCUT2D eigenvalue weighted by molar-refractivity contribution is 5.33. The van der Waals surface area contributed by atoms with Gasteiger partial charge in [0.05, 0.1) is 0 Å². The van der Waals surface area contributed by atoms with E-state index in [2.05, 4.69) is 18.2 Å². The van der Waals surface area contributed by atoms with Gasteiger partial charge in [-0.2, -0.15) is 0 Å². The monoisotopic (exact) mass is 162 g/mol. The molecule has 0 fully saturated rings. The van der Waals surface area contributed by atoms with E-state index in [1.807, 2.05) is 6.07 Å². The molecule has 0 aliphatic heterocycles. The second-order valence-electron chi connectivity index (χ2n) is 3.43. The van der Waals surface area contributed by atoms with E-state index in [1.165, 1.54) is 11.1 Å². The minimum atomic E-state index is 0.0370. The zero-order valence-corrected chi connectivity index (χ0v) is 7.03. The summed E-state index contributed by atoms with van der Waals surface area (Å²) in [5.41, 5.74) is 14.4. The third-order valence-corrected chi connectivity index (χ3v) is 2.62. The Morgan fingerprint density at radius 2 is 1.92 bits per heavy atom. The topological polar surface area (TPSA) is 52.0 Å². The summed E-state index contributed by atoms with van der Waals surface area (Å²) in [6.07, 6.45) is 2.09. The van der Waals surface area contributed by atoms with Crippen molar-refractivity contribution in [1.82, 2.24) is 0 Å². The van der Waals surface area contributed by atoms with Crippen LogP contribution in [-0.2, 0) is 6.42 Å². The minimum absolute atomic E-state index is 0.0370. The molecule has 1 aliphatic rings. The van der Waals surface area contributed by atoms with Crippen LogP contribution in [0, 0.1) is 0 Å². The minimum Gasteiger partial charge on any atom is -0.326 e. The highest BCUT2D eigenvalue weighted by Crippen LogP contribution is 2.26. The summed E-state index contributed by atoms with van der Waals surface area (Å²) in [5.74, 6) is 0. The molecule has 0 spiro atoms. The van der Waals surface area contributed by atoms with Crippen molar-refractivity contribution in [3.05, 3.63) is 35.4 Å². The summed E-state index contributed by atoms with van der Waals surface area (Å²) in [7, 11) is 0. The van der Waals surface area contributed by atoms with Gasteiger partial charge in [-0.05, 0) is 24.0 Å². The molecule has 0 bridgehead atoms. The van der Waals surface area contributed by atoms with E-state index in [-0.39, 0.29) is 12.1 Å². The van der Waals surface area contributed by atoms with Crippen LogP contribution in [0.5, 0.6) is 0 Å². The fourth-order valence-electron chi connectivity index (χ4n) is 1.82. The SMILES string of the molecule is NC1CCc2ccccc2[C@@H]1N. The highest BCUT2D eigenvalue weighted by atomic mass is 14.8. The van der Waals surface area contributed by atoms with Gasteiger partial charge >= 0.3 is 0 Å². The number of fused-ring (bicyclic) bond motifs is 1. The van der Waals surface area contributed by atoms with Gasteiger partial charge in [-0.1, -0.05) is 24.3 Å². The maximum Gasteiger partial charge on any atom is 0.0451 e. The van der Waals surface area contributed by atoms with E-state index in [1.54, 1.807) is 0 Å². The smallest absolute Gasteiger partial charge is 0.0451 e. The molecule has 1 aromatic rings. The van der Waals surface area contributed by atoms with Gasteiger partial charge in [-0.25, -0.2) is 0 Å². The molecular weight excluding hydrogens is 148 g/mol. The number of nitrogens with two attached hydrogens (primary N) is 2. The van der Waals surface area contributed by atoms with Crippen molar-refractivity contribution in [2.75, 3.05) is 0 Å². The number of benzene rings is 1. The van der Waals surface area contributed by atoms with Crippen LogP contribution < -0.4 is 11.5 Å². The van der Waals surface area contributed by atoms with Gasteiger partial charge in [0.25, 0.3) is 0 Å². The van der Waals surface area contributed by atoms with Crippen molar-refractivity contribution in [2.24, 2.45) is 11.5 Å². The molecule has 2 nitrogen and oxygen atoms in total. The molecule has 64 valence electrons. The zero-order chi connectivity index (χ0) is 8.55. The van der Waals surface area contributed by atoms with Crippen molar-refractivity contribution in [3.8, 4) is 0 Å². The molecule has 0 saturated carbocycles. The number of hydrogen-bond donors (Lipinski definition) is 2. The average Bonchev–Trinajstić information content (AvgIpc) is 2.12. The highest BCUT2D eigenvalue weighted by Gasteiger charge is 2.22. The molecule has 0 amide bonds. The molecule has 2 heteroatoms. The van der Waals surface area contributed by atoms with Crippen molar-refractivity contribution in [1.29, 1.82) is 0 Å². The van der Waals surface area contributed by atoms with Crippen LogP contribution in [0.15, 0.2) is 24.3 Å². The first-order valence-electron chi connectivity index (χ1n) is 4.38. The zero-order valence-electron chi connectivity index (χ0n) is 7.03. The second kappa shape index (κ2) is 2.88. The number of rotatable bonds is 0. The number of aryl methyl sites for hydroxylation is 1. The third-order valence-electron chi connectivity index (χ3n) is 2.62. The van der Waals surface area contributed by atoms with Crippen LogP contribution in [0.25, 0.3) is 0 Å². The largest absolute Gasteiger partial charge is 0.326 e. The van der Waals surface area contributed by atoms with Gasteiger partial charge < -0.3 is 11.5 Å². The van der Waals surface area contributed by atoms with E-state index in [0.29, 0.717) is 0 Å². The van der Waals surface area contributed by atoms with Crippen LogP contribution in [0.3, 0.4) is 0 Å². The lowest BCUT2D eigenvalue weighted by atomic mass is 9.85. The molecule has 0 saturated heterocycles. The van der Waals surface area contributed by atoms with Crippen LogP contribution in [0.4, 0.5) is 0 Å². The first-order valence-corrected chi connectivity index (χ1v) is 4.38. The summed E-state index contributed by atoms with van der Waals surface area (Å²) in [6.45, 7) is 0. The van der Waals surface area contributed by atoms with Gasteiger partial charge in [0, 0.05) is 12.1 Å². The molecule has 1 aliphatic carbocycles. The molecule has 0 radical (unpaired) electrons. The van der Waals surface area contributed by atoms with Crippen molar-refractivity contribution >= 4 is 0 Å². The maximum absolute atomic E-state index is 5.96. The summed E-state index contributed by atoms with van der Waals surface area (Å²) >= 11 is 0. The number of hydrogen-bond acceptors (Lipinski definition) is 2.